The molecule has 5 heteroatoms. The van der Waals surface area contributed by atoms with Gasteiger partial charge in [-0.15, -0.1) is 0 Å². The van der Waals surface area contributed by atoms with Gasteiger partial charge in [0.05, 0.1) is 0 Å². The van der Waals surface area contributed by atoms with Crippen molar-refractivity contribution in [3.05, 3.63) is 66.1 Å². The molecule has 0 spiro atoms. The number of aromatic nitrogens is 2. The second-order valence-electron chi connectivity index (χ2n) is 5.10. The van der Waals surface area contributed by atoms with Crippen molar-refractivity contribution in [2.24, 2.45) is 0 Å². The van der Waals surface area contributed by atoms with E-state index in [0.717, 1.165) is 11.3 Å². The molecule has 0 unspecified atom stereocenters. The Morgan fingerprint density at radius 3 is 2.57 bits per heavy atom. The van der Waals surface area contributed by atoms with Crippen molar-refractivity contribution in [1.29, 1.82) is 0 Å². The van der Waals surface area contributed by atoms with Gasteiger partial charge in [0.2, 0.25) is 11.7 Å². The first-order valence-electron chi connectivity index (χ1n) is 7.46. The number of hydrogen-bond acceptors (Lipinski definition) is 4. The second kappa shape index (κ2) is 6.44. The summed E-state index contributed by atoms with van der Waals surface area (Å²) in [6, 6.07) is 16.9. The van der Waals surface area contributed by atoms with Crippen LogP contribution >= 0.6 is 0 Å². The first-order chi connectivity index (χ1) is 11.2. The molecule has 0 atom stereocenters. The summed E-state index contributed by atoms with van der Waals surface area (Å²) in [5.41, 5.74) is 2.23. The van der Waals surface area contributed by atoms with Crippen LogP contribution in [-0.2, 0) is 0 Å². The predicted octanol–water partition coefficient (Wildman–Crippen LogP) is 3.71. The van der Waals surface area contributed by atoms with Crippen LogP contribution in [0.3, 0.4) is 0 Å². The third-order valence-corrected chi connectivity index (χ3v) is 3.52. The topological polar surface area (TPSA) is 59.2 Å². The maximum absolute atomic E-state index is 12.8. The molecule has 116 valence electrons. The Labute approximate surface area is 134 Å². The maximum Gasteiger partial charge on any atom is 0.258 e. The van der Waals surface area contributed by atoms with Crippen molar-refractivity contribution in [2.75, 3.05) is 11.4 Å². The van der Waals surface area contributed by atoms with Gasteiger partial charge in [0.1, 0.15) is 0 Å². The second-order valence-corrected chi connectivity index (χ2v) is 5.10. The number of para-hydroxylation sites is 1. The molecule has 1 amide bonds. The standard InChI is InChI=1S/C18H17N3O2/c1-3-21(16-10-5-4-6-11-16)18(22)15-9-7-8-14(12-15)17-19-13(2)23-20-17/h4-12H,3H2,1-2H3. The molecule has 23 heavy (non-hydrogen) atoms. The first-order valence-corrected chi connectivity index (χ1v) is 7.46. The number of carbonyl (C=O) groups is 1. The molecule has 5 nitrogen and oxygen atoms in total. The van der Waals surface area contributed by atoms with E-state index in [1.807, 2.05) is 49.4 Å². The zero-order valence-corrected chi connectivity index (χ0v) is 13.1. The highest BCUT2D eigenvalue weighted by molar-refractivity contribution is 6.06. The van der Waals surface area contributed by atoms with Gasteiger partial charge in [-0.2, -0.15) is 4.98 Å². The van der Waals surface area contributed by atoms with Crippen molar-refractivity contribution >= 4 is 11.6 Å². The molecule has 0 saturated carbocycles. The predicted molar refractivity (Wildman–Crippen MR) is 88.3 cm³/mol. The van der Waals surface area contributed by atoms with E-state index in [4.69, 9.17) is 4.52 Å². The quantitative estimate of drug-likeness (QED) is 0.737. The van der Waals surface area contributed by atoms with Crippen molar-refractivity contribution < 1.29 is 9.32 Å². The van der Waals surface area contributed by atoms with E-state index < -0.39 is 0 Å². The summed E-state index contributed by atoms with van der Waals surface area (Å²) in [6.07, 6.45) is 0. The van der Waals surface area contributed by atoms with E-state index in [1.54, 1.807) is 24.0 Å². The van der Waals surface area contributed by atoms with E-state index in [2.05, 4.69) is 10.1 Å². The maximum atomic E-state index is 12.8. The molecule has 0 aliphatic carbocycles. The van der Waals surface area contributed by atoms with Gasteiger partial charge in [0.25, 0.3) is 5.91 Å². The number of rotatable bonds is 4. The fourth-order valence-corrected chi connectivity index (χ4v) is 2.42. The Morgan fingerprint density at radius 1 is 1.13 bits per heavy atom. The number of amides is 1. The van der Waals surface area contributed by atoms with Crippen molar-refractivity contribution in [2.45, 2.75) is 13.8 Å². The van der Waals surface area contributed by atoms with Crippen LogP contribution in [0.2, 0.25) is 0 Å². The smallest absolute Gasteiger partial charge is 0.258 e. The summed E-state index contributed by atoms with van der Waals surface area (Å²) in [5, 5.41) is 3.90. The van der Waals surface area contributed by atoms with Gasteiger partial charge in [-0.05, 0) is 31.2 Å². The molecular formula is C18H17N3O2. The summed E-state index contributed by atoms with van der Waals surface area (Å²) in [7, 11) is 0. The van der Waals surface area contributed by atoms with Gasteiger partial charge >= 0.3 is 0 Å². The lowest BCUT2D eigenvalue weighted by Crippen LogP contribution is -2.30. The van der Waals surface area contributed by atoms with Gasteiger partial charge in [-0.25, -0.2) is 0 Å². The highest BCUT2D eigenvalue weighted by Gasteiger charge is 2.17. The third-order valence-electron chi connectivity index (χ3n) is 3.52. The van der Waals surface area contributed by atoms with Crippen LogP contribution in [0, 0.1) is 6.92 Å². The van der Waals surface area contributed by atoms with Crippen molar-refractivity contribution in [3.8, 4) is 11.4 Å². The van der Waals surface area contributed by atoms with Gasteiger partial charge in [0, 0.05) is 30.3 Å². The Hall–Kier alpha value is -2.95. The molecule has 1 aromatic heterocycles. The molecule has 0 saturated heterocycles. The minimum Gasteiger partial charge on any atom is -0.339 e. The number of aryl methyl sites for hydroxylation is 1. The normalized spacial score (nSPS) is 10.5. The lowest BCUT2D eigenvalue weighted by atomic mass is 10.1. The Bertz CT molecular complexity index is 812. The van der Waals surface area contributed by atoms with Gasteiger partial charge < -0.3 is 9.42 Å². The fraction of sp³-hybridized carbons (Fsp3) is 0.167. The molecular weight excluding hydrogens is 290 g/mol. The van der Waals surface area contributed by atoms with Crippen LogP contribution in [0.5, 0.6) is 0 Å². The monoisotopic (exact) mass is 307 g/mol. The van der Waals surface area contributed by atoms with Crippen LogP contribution in [0.4, 0.5) is 5.69 Å². The van der Waals surface area contributed by atoms with Crippen molar-refractivity contribution in [1.82, 2.24) is 10.1 Å². The van der Waals surface area contributed by atoms with Gasteiger partial charge in [-0.3, -0.25) is 4.79 Å². The summed E-state index contributed by atoms with van der Waals surface area (Å²) < 4.78 is 5.00. The third kappa shape index (κ3) is 3.13. The van der Waals surface area contributed by atoms with E-state index in [1.165, 1.54) is 0 Å². The van der Waals surface area contributed by atoms with E-state index in [-0.39, 0.29) is 5.91 Å². The number of carbonyl (C=O) groups excluding carboxylic acids is 1. The van der Waals surface area contributed by atoms with Crippen LogP contribution < -0.4 is 4.90 Å². The number of anilines is 1. The zero-order valence-electron chi connectivity index (χ0n) is 13.1. The summed E-state index contributed by atoms with van der Waals surface area (Å²) in [6.45, 7) is 4.28. The van der Waals surface area contributed by atoms with Gasteiger partial charge in [0.15, 0.2) is 0 Å². The molecule has 3 aromatic rings. The molecule has 0 fully saturated rings. The lowest BCUT2D eigenvalue weighted by molar-refractivity contribution is 0.0988. The highest BCUT2D eigenvalue weighted by Crippen LogP contribution is 2.21. The van der Waals surface area contributed by atoms with Crippen LogP contribution in [0.1, 0.15) is 23.2 Å². The molecule has 2 aromatic carbocycles. The average Bonchev–Trinajstić information content (AvgIpc) is 3.03. The van der Waals surface area contributed by atoms with Gasteiger partial charge in [-0.1, -0.05) is 35.5 Å². The Balaban J connectivity index is 1.93. The molecule has 0 radical (unpaired) electrons. The van der Waals surface area contributed by atoms with Crippen LogP contribution in [0.15, 0.2) is 59.1 Å². The molecule has 0 bridgehead atoms. The number of hydrogen-bond donors (Lipinski definition) is 0. The Kier molecular flexibility index (Phi) is 4.19. The van der Waals surface area contributed by atoms with Crippen LogP contribution in [-0.4, -0.2) is 22.6 Å². The SMILES string of the molecule is CCN(C(=O)c1cccc(-c2noc(C)n2)c1)c1ccccc1. The zero-order chi connectivity index (χ0) is 16.2. The largest absolute Gasteiger partial charge is 0.339 e. The fourth-order valence-electron chi connectivity index (χ4n) is 2.42. The Morgan fingerprint density at radius 2 is 1.91 bits per heavy atom. The minimum absolute atomic E-state index is 0.0548. The van der Waals surface area contributed by atoms with E-state index >= 15 is 0 Å². The highest BCUT2D eigenvalue weighted by atomic mass is 16.5. The summed E-state index contributed by atoms with van der Waals surface area (Å²) >= 11 is 0. The summed E-state index contributed by atoms with van der Waals surface area (Å²) in [4.78, 5) is 18.8. The lowest BCUT2D eigenvalue weighted by Gasteiger charge is -2.21. The average molecular weight is 307 g/mol. The molecule has 0 aliphatic rings. The summed E-state index contributed by atoms with van der Waals surface area (Å²) in [5.74, 6) is 0.928. The first kappa shape index (κ1) is 15.0. The van der Waals surface area contributed by atoms with E-state index in [0.29, 0.717) is 23.8 Å². The minimum atomic E-state index is -0.0548. The number of benzene rings is 2. The van der Waals surface area contributed by atoms with E-state index in [9.17, 15) is 4.79 Å². The molecule has 0 N–H and O–H groups in total. The molecule has 0 aliphatic heterocycles. The molecule has 1 heterocycles. The molecule has 3 rings (SSSR count). The van der Waals surface area contributed by atoms with Crippen molar-refractivity contribution in [3.63, 3.8) is 0 Å². The number of nitrogens with zero attached hydrogens (tertiary/aromatic N) is 3. The van der Waals surface area contributed by atoms with Crippen LogP contribution in [0.25, 0.3) is 11.4 Å².